The Bertz CT molecular complexity index is 514. The van der Waals surface area contributed by atoms with Crippen LogP contribution < -0.4 is 4.90 Å². The summed E-state index contributed by atoms with van der Waals surface area (Å²) in [6.07, 6.45) is 0. The summed E-state index contributed by atoms with van der Waals surface area (Å²) in [5.74, 6) is -1.46. The van der Waals surface area contributed by atoms with E-state index in [0.717, 1.165) is 0 Å². The second kappa shape index (κ2) is 6.56. The zero-order chi connectivity index (χ0) is 16.2. The number of aliphatic carboxylic acids is 1. The van der Waals surface area contributed by atoms with Crippen LogP contribution in [0.15, 0.2) is 24.3 Å². The van der Waals surface area contributed by atoms with Crippen LogP contribution in [-0.4, -0.2) is 40.6 Å². The van der Waals surface area contributed by atoms with E-state index in [1.807, 2.05) is 0 Å². The molecule has 0 radical (unpaired) electrons. The molecule has 0 saturated heterocycles. The fraction of sp³-hybridized carbons (Fsp3) is 0.467. The van der Waals surface area contributed by atoms with E-state index in [0.29, 0.717) is 12.2 Å². The number of carboxylic acids is 1. The van der Waals surface area contributed by atoms with Crippen molar-refractivity contribution in [1.82, 2.24) is 4.90 Å². The maximum absolute atomic E-state index is 13.0. The van der Waals surface area contributed by atoms with Crippen molar-refractivity contribution in [2.45, 2.75) is 33.2 Å². The summed E-state index contributed by atoms with van der Waals surface area (Å²) in [5.41, 5.74) is -0.789. The molecule has 0 fully saturated rings. The third-order valence-electron chi connectivity index (χ3n) is 3.43. The second-order valence-electron chi connectivity index (χ2n) is 5.11. The first-order chi connectivity index (χ1) is 9.75. The molecule has 1 N–H and O–H groups in total. The lowest BCUT2D eigenvalue weighted by Crippen LogP contribution is -2.57. The number of rotatable bonds is 5. The molecule has 21 heavy (non-hydrogen) atoms. The van der Waals surface area contributed by atoms with E-state index in [-0.39, 0.29) is 12.4 Å². The third kappa shape index (κ3) is 3.51. The lowest BCUT2D eigenvalue weighted by atomic mass is 10.0. The number of hydrogen-bond acceptors (Lipinski definition) is 2. The number of carboxylic acid groups (broad SMARTS) is 1. The molecule has 0 bridgehead atoms. The number of halogens is 1. The minimum absolute atomic E-state index is 0.260. The summed E-state index contributed by atoms with van der Waals surface area (Å²) in [6, 6.07) is 5.11. The number of amides is 2. The van der Waals surface area contributed by atoms with Gasteiger partial charge in [-0.3, -0.25) is 4.90 Å². The van der Waals surface area contributed by atoms with Crippen LogP contribution in [0.5, 0.6) is 0 Å². The number of carbonyl (C=O) groups excluding carboxylic acids is 1. The zero-order valence-corrected chi connectivity index (χ0v) is 12.8. The van der Waals surface area contributed by atoms with Crippen LogP contribution in [0.1, 0.15) is 27.7 Å². The average molecular weight is 296 g/mol. The lowest BCUT2D eigenvalue weighted by Gasteiger charge is -2.37. The molecular formula is C15H21FN2O3. The van der Waals surface area contributed by atoms with Crippen LogP contribution >= 0.6 is 0 Å². The maximum Gasteiger partial charge on any atom is 0.329 e. The van der Waals surface area contributed by atoms with Crippen LogP contribution in [0.25, 0.3) is 0 Å². The van der Waals surface area contributed by atoms with E-state index in [1.165, 1.54) is 47.9 Å². The monoisotopic (exact) mass is 296 g/mol. The van der Waals surface area contributed by atoms with Gasteiger partial charge in [0.05, 0.1) is 0 Å². The van der Waals surface area contributed by atoms with Gasteiger partial charge in [0.2, 0.25) is 0 Å². The second-order valence-corrected chi connectivity index (χ2v) is 5.11. The van der Waals surface area contributed by atoms with Gasteiger partial charge >= 0.3 is 12.0 Å². The van der Waals surface area contributed by atoms with Gasteiger partial charge in [0.25, 0.3) is 0 Å². The fourth-order valence-corrected chi connectivity index (χ4v) is 2.08. The summed E-state index contributed by atoms with van der Waals surface area (Å²) in [7, 11) is 0. The number of nitrogens with zero attached hydrogens (tertiary/aromatic N) is 2. The minimum atomic E-state index is -1.32. The van der Waals surface area contributed by atoms with Gasteiger partial charge in [0.15, 0.2) is 0 Å². The fourth-order valence-electron chi connectivity index (χ4n) is 2.08. The predicted molar refractivity (Wildman–Crippen MR) is 78.9 cm³/mol. The summed E-state index contributed by atoms with van der Waals surface area (Å²) in [6.45, 7) is 7.08. The Morgan fingerprint density at radius 1 is 1.14 bits per heavy atom. The van der Waals surface area contributed by atoms with Crippen LogP contribution in [0.3, 0.4) is 0 Å². The summed E-state index contributed by atoms with van der Waals surface area (Å²) >= 11 is 0. The number of anilines is 1. The highest BCUT2D eigenvalue weighted by Gasteiger charge is 2.38. The van der Waals surface area contributed by atoms with Gasteiger partial charge in [-0.2, -0.15) is 0 Å². The Kier molecular flexibility index (Phi) is 5.29. The van der Waals surface area contributed by atoms with Gasteiger partial charge in [0, 0.05) is 18.8 Å². The summed E-state index contributed by atoms with van der Waals surface area (Å²) < 4.78 is 13.0. The highest BCUT2D eigenvalue weighted by atomic mass is 19.1. The average Bonchev–Trinajstić information content (AvgIpc) is 2.42. The van der Waals surface area contributed by atoms with E-state index < -0.39 is 17.5 Å². The Hall–Kier alpha value is -2.11. The van der Waals surface area contributed by atoms with Crippen molar-refractivity contribution >= 4 is 17.7 Å². The molecule has 0 spiro atoms. The number of likely N-dealkylation sites (N-methyl/N-ethyl adjacent to an activating group) is 1. The van der Waals surface area contributed by atoms with Crippen molar-refractivity contribution in [3.63, 3.8) is 0 Å². The van der Waals surface area contributed by atoms with E-state index in [2.05, 4.69) is 0 Å². The van der Waals surface area contributed by atoms with Crippen molar-refractivity contribution in [3.8, 4) is 0 Å². The van der Waals surface area contributed by atoms with E-state index in [4.69, 9.17) is 0 Å². The maximum atomic E-state index is 13.0. The molecule has 0 saturated carbocycles. The van der Waals surface area contributed by atoms with Crippen molar-refractivity contribution < 1.29 is 19.1 Å². The van der Waals surface area contributed by atoms with Gasteiger partial charge in [-0.15, -0.1) is 0 Å². The number of carbonyl (C=O) groups is 2. The predicted octanol–water partition coefficient (Wildman–Crippen LogP) is 2.96. The summed E-state index contributed by atoms with van der Waals surface area (Å²) in [5, 5.41) is 9.29. The molecule has 0 aliphatic carbocycles. The number of hydrogen-bond donors (Lipinski definition) is 1. The number of urea groups is 1. The molecule has 0 aliphatic rings. The van der Waals surface area contributed by atoms with Crippen molar-refractivity contribution in [1.29, 1.82) is 0 Å². The normalized spacial score (nSPS) is 11.1. The van der Waals surface area contributed by atoms with Gasteiger partial charge in [-0.1, -0.05) is 0 Å². The number of benzene rings is 1. The minimum Gasteiger partial charge on any atom is -0.480 e. The van der Waals surface area contributed by atoms with Gasteiger partial charge < -0.3 is 10.0 Å². The Balaban J connectivity index is 3.12. The molecule has 0 atom stereocenters. The molecular weight excluding hydrogens is 275 g/mol. The Morgan fingerprint density at radius 3 is 2.05 bits per heavy atom. The molecule has 0 heterocycles. The molecule has 1 rings (SSSR count). The Labute approximate surface area is 124 Å². The first kappa shape index (κ1) is 16.9. The molecule has 1 aromatic carbocycles. The van der Waals surface area contributed by atoms with Gasteiger partial charge in [0.1, 0.15) is 11.4 Å². The van der Waals surface area contributed by atoms with E-state index in [1.54, 1.807) is 13.8 Å². The van der Waals surface area contributed by atoms with Crippen molar-refractivity contribution in [2.24, 2.45) is 0 Å². The molecule has 0 unspecified atom stereocenters. The van der Waals surface area contributed by atoms with Crippen molar-refractivity contribution in [3.05, 3.63) is 30.1 Å². The highest BCUT2D eigenvalue weighted by Crippen LogP contribution is 2.21. The first-order valence-electron chi connectivity index (χ1n) is 6.83. The molecule has 0 aromatic heterocycles. The smallest absolute Gasteiger partial charge is 0.329 e. The molecule has 0 aliphatic heterocycles. The van der Waals surface area contributed by atoms with Gasteiger partial charge in [-0.05, 0) is 52.0 Å². The molecule has 116 valence electrons. The molecule has 1 aromatic rings. The quantitative estimate of drug-likeness (QED) is 0.908. The largest absolute Gasteiger partial charge is 0.480 e. The lowest BCUT2D eigenvalue weighted by molar-refractivity contribution is -0.147. The third-order valence-corrected chi connectivity index (χ3v) is 3.43. The highest BCUT2D eigenvalue weighted by molar-refractivity contribution is 5.95. The van der Waals surface area contributed by atoms with Gasteiger partial charge in [-0.25, -0.2) is 14.0 Å². The van der Waals surface area contributed by atoms with Crippen molar-refractivity contribution in [2.75, 3.05) is 18.0 Å². The molecule has 2 amide bonds. The summed E-state index contributed by atoms with van der Waals surface area (Å²) in [4.78, 5) is 26.7. The zero-order valence-electron chi connectivity index (χ0n) is 12.8. The van der Waals surface area contributed by atoms with Crippen LogP contribution in [0, 0.1) is 5.82 Å². The molecule has 5 nitrogen and oxygen atoms in total. The van der Waals surface area contributed by atoms with Crippen LogP contribution in [-0.2, 0) is 4.79 Å². The SMILES string of the molecule is CCN(C(=O)N(CC)C(C)(C)C(=O)O)c1ccc(F)cc1. The van der Waals surface area contributed by atoms with Crippen LogP contribution in [0.4, 0.5) is 14.9 Å². The molecule has 6 heteroatoms. The first-order valence-corrected chi connectivity index (χ1v) is 6.83. The van der Waals surface area contributed by atoms with Crippen LogP contribution in [0.2, 0.25) is 0 Å². The standard InChI is InChI=1S/C15H21FN2O3/c1-5-17(12-9-7-11(16)8-10-12)14(21)18(6-2)15(3,4)13(19)20/h7-10H,5-6H2,1-4H3,(H,19,20). The topological polar surface area (TPSA) is 60.9 Å². The van der Waals surface area contributed by atoms with E-state index >= 15 is 0 Å². The van der Waals surface area contributed by atoms with E-state index in [9.17, 15) is 19.1 Å². The Morgan fingerprint density at radius 2 is 1.67 bits per heavy atom.